The van der Waals surface area contributed by atoms with E-state index in [1.807, 2.05) is 0 Å². The molecule has 4 nitrogen and oxygen atoms in total. The highest BCUT2D eigenvalue weighted by molar-refractivity contribution is 5.70. The van der Waals surface area contributed by atoms with Gasteiger partial charge >= 0.3 is 0 Å². The van der Waals surface area contributed by atoms with E-state index in [2.05, 4.69) is 86.3 Å². The fourth-order valence-electron chi connectivity index (χ4n) is 5.55. The molecule has 0 aliphatic heterocycles. The van der Waals surface area contributed by atoms with Crippen molar-refractivity contribution in [1.29, 1.82) is 0 Å². The van der Waals surface area contributed by atoms with Crippen molar-refractivity contribution in [1.82, 2.24) is 9.80 Å². The Kier molecular flexibility index (Phi) is 21.4. The van der Waals surface area contributed by atoms with Gasteiger partial charge in [0, 0.05) is 13.2 Å². The van der Waals surface area contributed by atoms with Crippen LogP contribution in [0.25, 0.3) is 11.1 Å². The van der Waals surface area contributed by atoms with Crippen molar-refractivity contribution in [2.45, 2.75) is 117 Å². The van der Waals surface area contributed by atoms with Crippen LogP contribution in [0.3, 0.4) is 0 Å². The highest BCUT2D eigenvalue weighted by atomic mass is 16.5. The molecule has 42 heavy (non-hydrogen) atoms. The number of rotatable bonds is 27. The monoisotopic (exact) mass is 580 g/mol. The summed E-state index contributed by atoms with van der Waals surface area (Å²) in [6.45, 7) is 12.3. The summed E-state index contributed by atoms with van der Waals surface area (Å²) in [7, 11) is 4.52. The third kappa shape index (κ3) is 16.8. The fraction of sp³-hybridized carbons (Fsp3) is 0.684. The van der Waals surface area contributed by atoms with Crippen molar-refractivity contribution >= 4 is 0 Å². The second-order valence-corrected chi connectivity index (χ2v) is 12.3. The number of nitrogens with zero attached hydrogens (tertiary/aromatic N) is 2. The maximum absolute atomic E-state index is 6.16. The highest BCUT2D eigenvalue weighted by Gasteiger charge is 2.10. The summed E-state index contributed by atoms with van der Waals surface area (Å²) in [6.07, 6.45) is 18.2. The second kappa shape index (κ2) is 24.7. The van der Waals surface area contributed by atoms with Gasteiger partial charge in [-0.3, -0.25) is 0 Å². The van der Waals surface area contributed by atoms with Crippen LogP contribution in [0.15, 0.2) is 48.5 Å². The predicted molar refractivity (Wildman–Crippen MR) is 182 cm³/mol. The van der Waals surface area contributed by atoms with Crippen LogP contribution < -0.4 is 0 Å². The predicted octanol–water partition coefficient (Wildman–Crippen LogP) is 9.75. The Hall–Kier alpha value is -1.72. The molecule has 0 bridgehead atoms. The van der Waals surface area contributed by atoms with E-state index in [1.54, 1.807) is 0 Å². The number of ether oxygens (including phenoxy) is 2. The molecule has 238 valence electrons. The zero-order valence-electron chi connectivity index (χ0n) is 27.9. The van der Waals surface area contributed by atoms with Gasteiger partial charge in [-0.15, -0.1) is 0 Å². The number of unbranched alkanes of at least 4 members (excludes halogenated alkanes) is 10. The molecule has 0 aliphatic carbocycles. The molecule has 0 amide bonds. The lowest BCUT2D eigenvalue weighted by molar-refractivity contribution is 0.114. The quantitative estimate of drug-likeness (QED) is 0.0982. The molecular weight excluding hydrogens is 516 g/mol. The van der Waals surface area contributed by atoms with Crippen LogP contribution in [-0.2, 0) is 22.7 Å². The summed E-state index contributed by atoms with van der Waals surface area (Å²) in [6, 6.07) is 17.4. The standard InChI is InChI=1S/C38H64N2O2/c1-5-7-9-11-17-27-39(3)29-19-21-31-41-33-35-23-13-15-25-37(35)38-26-16-14-24-36(38)34-42-32-22-20-30-40(4)28-18-12-10-8-6-2/h13-16,23-26H,5-12,17-22,27-34H2,1-4H3. The van der Waals surface area contributed by atoms with Gasteiger partial charge in [0.05, 0.1) is 13.2 Å². The van der Waals surface area contributed by atoms with Crippen LogP contribution in [0.2, 0.25) is 0 Å². The van der Waals surface area contributed by atoms with Gasteiger partial charge in [-0.2, -0.15) is 0 Å². The third-order valence-electron chi connectivity index (χ3n) is 8.28. The van der Waals surface area contributed by atoms with Gasteiger partial charge in [-0.05, 0) is 101 Å². The summed E-state index contributed by atoms with van der Waals surface area (Å²) in [5.74, 6) is 0. The molecule has 0 saturated carbocycles. The number of hydrogen-bond donors (Lipinski definition) is 0. The SMILES string of the molecule is CCCCCCCN(C)CCCCOCc1ccccc1-c1ccccc1COCCCCN(C)CCCCCCC. The molecule has 0 N–H and O–H groups in total. The van der Waals surface area contributed by atoms with E-state index in [0.29, 0.717) is 13.2 Å². The van der Waals surface area contributed by atoms with Gasteiger partial charge in [0.25, 0.3) is 0 Å². The molecule has 2 rings (SSSR count). The molecule has 0 aromatic heterocycles. The number of benzene rings is 2. The first-order chi connectivity index (χ1) is 20.7. The van der Waals surface area contributed by atoms with Crippen LogP contribution in [0.5, 0.6) is 0 Å². The Balaban J connectivity index is 1.68. The van der Waals surface area contributed by atoms with Crippen LogP contribution in [0, 0.1) is 0 Å². The molecular formula is C38H64N2O2. The first-order valence-corrected chi connectivity index (χ1v) is 17.3. The minimum Gasteiger partial charge on any atom is -0.377 e. The molecule has 0 saturated heterocycles. The zero-order chi connectivity index (χ0) is 30.1. The van der Waals surface area contributed by atoms with Gasteiger partial charge in [0.1, 0.15) is 0 Å². The molecule has 0 heterocycles. The largest absolute Gasteiger partial charge is 0.377 e. The Labute approximate surface area is 260 Å². The third-order valence-corrected chi connectivity index (χ3v) is 8.28. The van der Waals surface area contributed by atoms with E-state index < -0.39 is 0 Å². The first-order valence-electron chi connectivity index (χ1n) is 17.3. The first kappa shape index (κ1) is 36.5. The maximum Gasteiger partial charge on any atom is 0.0722 e. The summed E-state index contributed by atoms with van der Waals surface area (Å²) in [5, 5.41) is 0. The number of hydrogen-bond acceptors (Lipinski definition) is 4. The van der Waals surface area contributed by atoms with Crippen molar-refractivity contribution in [3.8, 4) is 11.1 Å². The topological polar surface area (TPSA) is 24.9 Å². The van der Waals surface area contributed by atoms with Crippen molar-refractivity contribution in [3.05, 3.63) is 59.7 Å². The molecule has 4 heteroatoms. The molecule has 0 radical (unpaired) electrons. The lowest BCUT2D eigenvalue weighted by Gasteiger charge is -2.17. The smallest absolute Gasteiger partial charge is 0.0722 e. The van der Waals surface area contributed by atoms with E-state index in [-0.39, 0.29) is 0 Å². The van der Waals surface area contributed by atoms with Gasteiger partial charge in [-0.25, -0.2) is 0 Å². The van der Waals surface area contributed by atoms with Gasteiger partial charge < -0.3 is 19.3 Å². The van der Waals surface area contributed by atoms with Crippen LogP contribution >= 0.6 is 0 Å². The molecule has 0 unspecified atom stereocenters. The van der Waals surface area contributed by atoms with E-state index in [4.69, 9.17) is 9.47 Å². The maximum atomic E-state index is 6.16. The van der Waals surface area contributed by atoms with Crippen LogP contribution in [0.4, 0.5) is 0 Å². The zero-order valence-corrected chi connectivity index (χ0v) is 27.9. The normalized spacial score (nSPS) is 11.7. The van der Waals surface area contributed by atoms with Crippen LogP contribution in [0.1, 0.15) is 115 Å². The highest BCUT2D eigenvalue weighted by Crippen LogP contribution is 2.28. The minimum absolute atomic E-state index is 0.657. The molecule has 0 atom stereocenters. The second-order valence-electron chi connectivity index (χ2n) is 12.3. The van der Waals surface area contributed by atoms with Gasteiger partial charge in [0.2, 0.25) is 0 Å². The van der Waals surface area contributed by atoms with Crippen molar-refractivity contribution < 1.29 is 9.47 Å². The summed E-state index contributed by atoms with van der Waals surface area (Å²) in [4.78, 5) is 4.96. The molecule has 0 fully saturated rings. The molecule has 0 spiro atoms. The Morgan fingerprint density at radius 2 is 0.810 bits per heavy atom. The van der Waals surface area contributed by atoms with Crippen LogP contribution in [-0.4, -0.2) is 63.3 Å². The Bertz CT molecular complexity index is 829. The van der Waals surface area contributed by atoms with Gasteiger partial charge in [0.15, 0.2) is 0 Å². The summed E-state index contributed by atoms with van der Waals surface area (Å²) >= 11 is 0. The average Bonchev–Trinajstić information content (AvgIpc) is 3.01. The Morgan fingerprint density at radius 3 is 1.21 bits per heavy atom. The lowest BCUT2D eigenvalue weighted by atomic mass is 9.96. The summed E-state index contributed by atoms with van der Waals surface area (Å²) in [5.41, 5.74) is 5.04. The fourth-order valence-corrected chi connectivity index (χ4v) is 5.55. The van der Waals surface area contributed by atoms with Crippen molar-refractivity contribution in [3.63, 3.8) is 0 Å². The summed E-state index contributed by atoms with van der Waals surface area (Å²) < 4.78 is 12.3. The average molecular weight is 581 g/mol. The lowest BCUT2D eigenvalue weighted by Crippen LogP contribution is -2.21. The minimum atomic E-state index is 0.657. The van der Waals surface area contributed by atoms with Gasteiger partial charge in [-0.1, -0.05) is 114 Å². The molecule has 0 aliphatic rings. The molecule has 2 aromatic carbocycles. The van der Waals surface area contributed by atoms with E-state index in [9.17, 15) is 0 Å². The van der Waals surface area contributed by atoms with E-state index in [1.165, 1.54) is 112 Å². The Morgan fingerprint density at radius 1 is 0.452 bits per heavy atom. The van der Waals surface area contributed by atoms with E-state index in [0.717, 1.165) is 39.1 Å². The van der Waals surface area contributed by atoms with Crippen molar-refractivity contribution in [2.75, 3.05) is 53.5 Å². The van der Waals surface area contributed by atoms with Crippen molar-refractivity contribution in [2.24, 2.45) is 0 Å². The molecule has 2 aromatic rings. The van der Waals surface area contributed by atoms with E-state index >= 15 is 0 Å².